The maximum atomic E-state index is 13.6. The first kappa shape index (κ1) is 15.1. The first-order valence-corrected chi connectivity index (χ1v) is 8.96. The van der Waals surface area contributed by atoms with Crippen molar-refractivity contribution in [1.82, 2.24) is 5.32 Å². The topological polar surface area (TPSA) is 45.7 Å². The lowest BCUT2D eigenvalue weighted by molar-refractivity contribution is -0.730. The summed E-state index contributed by atoms with van der Waals surface area (Å²) in [7, 11) is 0. The van der Waals surface area contributed by atoms with Crippen molar-refractivity contribution in [3.63, 3.8) is 0 Å². The van der Waals surface area contributed by atoms with Crippen LogP contribution in [-0.4, -0.2) is 18.0 Å². The van der Waals surface area contributed by atoms with Gasteiger partial charge in [0.25, 0.3) is 5.91 Å². The van der Waals surface area contributed by atoms with Gasteiger partial charge < -0.3 is 10.6 Å². The van der Waals surface area contributed by atoms with Crippen LogP contribution in [-0.2, 0) is 11.3 Å². The quantitative estimate of drug-likeness (QED) is 0.857. The van der Waals surface area contributed by atoms with E-state index in [0.29, 0.717) is 17.6 Å². The highest BCUT2D eigenvalue weighted by molar-refractivity contribution is 5.76. The maximum Gasteiger partial charge on any atom is 0.275 e. The van der Waals surface area contributed by atoms with E-state index in [1.165, 1.54) is 44.6 Å². The lowest BCUT2D eigenvalue weighted by Crippen LogP contribution is -3.00. The molecule has 0 unspecified atom stereocenters. The first-order valence-electron chi connectivity index (χ1n) is 8.96. The largest absolute Gasteiger partial charge is 0.347 e. The average molecular weight is 317 g/mol. The number of nitrogens with one attached hydrogen (secondary N) is 1. The number of carbonyl (C=O) groups is 1. The molecular weight excluding hydrogens is 291 g/mol. The summed E-state index contributed by atoms with van der Waals surface area (Å²) < 4.78 is 13.6. The zero-order valence-electron chi connectivity index (χ0n) is 13.6. The number of amides is 1. The molecule has 0 aromatic heterocycles. The minimum absolute atomic E-state index is 0.0176. The summed E-state index contributed by atoms with van der Waals surface area (Å²) in [6, 6.07) is 6.62. The Morgan fingerprint density at radius 1 is 1.13 bits per heavy atom. The number of nitrogens with two attached hydrogens (primary N) is 1. The fourth-order valence-electron chi connectivity index (χ4n) is 5.64. The smallest absolute Gasteiger partial charge is 0.275 e. The molecule has 4 saturated carbocycles. The molecule has 0 saturated heterocycles. The highest BCUT2D eigenvalue weighted by atomic mass is 19.1. The van der Waals surface area contributed by atoms with Crippen LogP contribution in [0, 0.1) is 23.6 Å². The molecule has 23 heavy (non-hydrogen) atoms. The van der Waals surface area contributed by atoms with Crippen molar-refractivity contribution in [1.29, 1.82) is 0 Å². The van der Waals surface area contributed by atoms with Gasteiger partial charge in [0.05, 0.1) is 5.54 Å². The van der Waals surface area contributed by atoms with Gasteiger partial charge in [0, 0.05) is 31.4 Å². The van der Waals surface area contributed by atoms with Gasteiger partial charge in [0.15, 0.2) is 6.54 Å². The molecule has 1 amide bonds. The lowest BCUT2D eigenvalue weighted by Gasteiger charge is -2.54. The fraction of sp³-hybridized carbons (Fsp3) is 0.632. The SMILES string of the molecule is O=C(C[NH2+]C12CC3CC(CC(C3)C1)C2)NCc1ccccc1F. The van der Waals surface area contributed by atoms with Crippen molar-refractivity contribution in [2.75, 3.05) is 6.54 Å². The second-order valence-electron chi connectivity index (χ2n) is 8.06. The number of hydrogen-bond acceptors (Lipinski definition) is 1. The number of hydrogen-bond donors (Lipinski definition) is 2. The molecule has 4 fully saturated rings. The van der Waals surface area contributed by atoms with E-state index in [-0.39, 0.29) is 18.3 Å². The van der Waals surface area contributed by atoms with E-state index >= 15 is 0 Å². The third kappa shape index (κ3) is 3.14. The van der Waals surface area contributed by atoms with Gasteiger partial charge in [0.2, 0.25) is 0 Å². The van der Waals surface area contributed by atoms with Gasteiger partial charge in [0.1, 0.15) is 5.82 Å². The molecule has 124 valence electrons. The van der Waals surface area contributed by atoms with Crippen LogP contribution in [0.1, 0.15) is 44.1 Å². The van der Waals surface area contributed by atoms with Crippen LogP contribution in [0.2, 0.25) is 0 Å². The van der Waals surface area contributed by atoms with Crippen LogP contribution in [0.25, 0.3) is 0 Å². The highest BCUT2D eigenvalue weighted by Gasteiger charge is 2.53. The fourth-order valence-corrected chi connectivity index (χ4v) is 5.64. The molecule has 0 heterocycles. The number of carbonyl (C=O) groups excluding carboxylic acids is 1. The van der Waals surface area contributed by atoms with Gasteiger partial charge in [-0.3, -0.25) is 4.79 Å². The second kappa shape index (κ2) is 5.90. The predicted octanol–water partition coefficient (Wildman–Crippen LogP) is 1.97. The van der Waals surface area contributed by atoms with E-state index in [9.17, 15) is 9.18 Å². The standard InChI is InChI=1S/C19H25FN2O/c20-17-4-2-1-3-16(17)11-21-18(23)12-22-19-8-13-5-14(9-19)7-15(6-13)10-19/h1-4,13-15,22H,5-12H2,(H,21,23)/p+1. The van der Waals surface area contributed by atoms with Crippen molar-refractivity contribution in [2.45, 2.75) is 50.6 Å². The molecule has 4 aliphatic carbocycles. The van der Waals surface area contributed by atoms with E-state index in [2.05, 4.69) is 10.6 Å². The summed E-state index contributed by atoms with van der Waals surface area (Å²) in [5, 5.41) is 5.16. The zero-order chi connectivity index (χ0) is 15.9. The maximum absolute atomic E-state index is 13.6. The number of quaternary nitrogens is 1. The highest BCUT2D eigenvalue weighted by Crippen LogP contribution is 2.54. The van der Waals surface area contributed by atoms with Crippen LogP contribution >= 0.6 is 0 Å². The van der Waals surface area contributed by atoms with Gasteiger partial charge in [-0.1, -0.05) is 18.2 Å². The van der Waals surface area contributed by atoms with Crippen molar-refractivity contribution < 1.29 is 14.5 Å². The van der Waals surface area contributed by atoms with Gasteiger partial charge in [-0.15, -0.1) is 0 Å². The summed E-state index contributed by atoms with van der Waals surface area (Å²) in [5.74, 6) is 2.47. The number of benzene rings is 1. The van der Waals surface area contributed by atoms with Crippen LogP contribution in [0.3, 0.4) is 0 Å². The van der Waals surface area contributed by atoms with Crippen molar-refractivity contribution in [3.05, 3.63) is 35.6 Å². The Morgan fingerprint density at radius 2 is 1.74 bits per heavy atom. The van der Waals surface area contributed by atoms with E-state index in [1.54, 1.807) is 18.2 Å². The monoisotopic (exact) mass is 317 g/mol. The first-order chi connectivity index (χ1) is 11.1. The molecule has 1 aromatic rings. The Bertz CT molecular complexity index is 566. The van der Waals surface area contributed by atoms with E-state index < -0.39 is 0 Å². The Labute approximate surface area is 137 Å². The average Bonchev–Trinajstić information content (AvgIpc) is 2.51. The summed E-state index contributed by atoms with van der Waals surface area (Å²) in [6.45, 7) is 0.751. The van der Waals surface area contributed by atoms with Gasteiger partial charge in [-0.2, -0.15) is 0 Å². The van der Waals surface area contributed by atoms with E-state index in [4.69, 9.17) is 0 Å². The molecule has 0 radical (unpaired) electrons. The molecule has 4 heteroatoms. The van der Waals surface area contributed by atoms with Crippen LogP contribution in [0.15, 0.2) is 24.3 Å². The molecule has 0 atom stereocenters. The summed E-state index contributed by atoms with van der Waals surface area (Å²) in [6.07, 6.45) is 8.14. The summed E-state index contributed by atoms with van der Waals surface area (Å²) >= 11 is 0. The predicted molar refractivity (Wildman–Crippen MR) is 85.9 cm³/mol. The summed E-state index contributed by atoms with van der Waals surface area (Å²) in [5.41, 5.74) is 0.875. The molecule has 4 bridgehead atoms. The lowest BCUT2D eigenvalue weighted by atomic mass is 9.53. The van der Waals surface area contributed by atoms with Gasteiger partial charge >= 0.3 is 0 Å². The second-order valence-corrected chi connectivity index (χ2v) is 8.06. The molecular formula is C19H26FN2O+. The molecule has 5 rings (SSSR count). The van der Waals surface area contributed by atoms with E-state index in [1.807, 2.05) is 0 Å². The van der Waals surface area contributed by atoms with Crippen LogP contribution in [0.5, 0.6) is 0 Å². The normalized spacial score (nSPS) is 34.6. The third-order valence-corrected chi connectivity index (χ3v) is 6.24. The number of halogens is 1. The number of rotatable bonds is 5. The molecule has 4 aliphatic rings. The Kier molecular flexibility index (Phi) is 3.88. The molecule has 0 spiro atoms. The van der Waals surface area contributed by atoms with E-state index in [0.717, 1.165) is 17.8 Å². The minimum Gasteiger partial charge on any atom is -0.347 e. The molecule has 3 N–H and O–H groups in total. The zero-order valence-corrected chi connectivity index (χ0v) is 13.6. The van der Waals surface area contributed by atoms with Gasteiger partial charge in [-0.25, -0.2) is 4.39 Å². The third-order valence-electron chi connectivity index (χ3n) is 6.24. The van der Waals surface area contributed by atoms with Crippen LogP contribution in [0.4, 0.5) is 4.39 Å². The van der Waals surface area contributed by atoms with Crippen LogP contribution < -0.4 is 10.6 Å². The Hall–Kier alpha value is -1.42. The Morgan fingerprint density at radius 3 is 2.35 bits per heavy atom. The Balaban J connectivity index is 1.29. The summed E-state index contributed by atoms with van der Waals surface area (Å²) in [4.78, 5) is 12.2. The molecule has 3 nitrogen and oxygen atoms in total. The van der Waals surface area contributed by atoms with Crippen molar-refractivity contribution in [3.8, 4) is 0 Å². The molecule has 1 aromatic carbocycles. The molecule has 0 aliphatic heterocycles. The minimum atomic E-state index is -0.252. The van der Waals surface area contributed by atoms with Crippen molar-refractivity contribution in [2.24, 2.45) is 17.8 Å². The van der Waals surface area contributed by atoms with Crippen molar-refractivity contribution >= 4 is 5.91 Å². The van der Waals surface area contributed by atoms with Gasteiger partial charge in [-0.05, 0) is 43.1 Å².